The standard InChI is InChI=1S/C46H89NO5/c1-4-7-10-13-16-17-18-22-27-35-44-41-42(46(50)52-44)32-29-31-38-47(39-40-48)37-30-24-19-23-28-36-45(49)51-43(33-25-20-14-11-8-5-2)34-26-21-15-12-9-6-3/h42-44,48H,4-41H2,1-3H3. The van der Waals surface area contributed by atoms with Crippen molar-refractivity contribution < 1.29 is 24.2 Å². The third kappa shape index (κ3) is 29.2. The molecule has 0 saturated carbocycles. The summed E-state index contributed by atoms with van der Waals surface area (Å²) in [6.45, 7) is 9.69. The summed E-state index contributed by atoms with van der Waals surface area (Å²) in [7, 11) is 0. The average molecular weight is 736 g/mol. The first kappa shape index (κ1) is 48.9. The summed E-state index contributed by atoms with van der Waals surface area (Å²) in [4.78, 5) is 27.6. The van der Waals surface area contributed by atoms with Crippen molar-refractivity contribution in [3.63, 3.8) is 0 Å². The average Bonchev–Trinajstić information content (AvgIpc) is 3.49. The lowest BCUT2D eigenvalue weighted by molar-refractivity contribution is -0.150. The summed E-state index contributed by atoms with van der Waals surface area (Å²) in [5.74, 6) is 0.123. The van der Waals surface area contributed by atoms with Gasteiger partial charge in [0.05, 0.1) is 12.5 Å². The third-order valence-corrected chi connectivity index (χ3v) is 11.4. The Morgan fingerprint density at radius 2 is 1.06 bits per heavy atom. The molecule has 0 aromatic carbocycles. The quantitative estimate of drug-likeness (QED) is 0.0499. The number of carbonyl (C=O) groups is 2. The minimum absolute atomic E-state index is 0.0104. The van der Waals surface area contributed by atoms with Gasteiger partial charge in [-0.1, -0.05) is 162 Å². The number of hydrogen-bond donors (Lipinski definition) is 1. The van der Waals surface area contributed by atoms with E-state index in [9.17, 15) is 14.7 Å². The Morgan fingerprint density at radius 1 is 0.615 bits per heavy atom. The summed E-state index contributed by atoms with van der Waals surface area (Å²) < 4.78 is 11.8. The zero-order valence-corrected chi connectivity index (χ0v) is 35.1. The predicted molar refractivity (Wildman–Crippen MR) is 221 cm³/mol. The monoisotopic (exact) mass is 736 g/mol. The van der Waals surface area contributed by atoms with Crippen molar-refractivity contribution in [2.24, 2.45) is 5.92 Å². The van der Waals surface area contributed by atoms with E-state index < -0.39 is 0 Å². The van der Waals surface area contributed by atoms with Crippen molar-refractivity contribution in [2.45, 2.75) is 251 Å². The first-order chi connectivity index (χ1) is 25.5. The number of hydrogen-bond acceptors (Lipinski definition) is 6. The second-order valence-corrected chi connectivity index (χ2v) is 16.4. The number of carbonyl (C=O) groups excluding carboxylic acids is 2. The third-order valence-electron chi connectivity index (χ3n) is 11.4. The molecule has 52 heavy (non-hydrogen) atoms. The summed E-state index contributed by atoms with van der Waals surface area (Å²) in [5.41, 5.74) is 0. The van der Waals surface area contributed by atoms with E-state index in [2.05, 4.69) is 25.7 Å². The number of esters is 2. The molecule has 1 heterocycles. The Bertz CT molecular complexity index is 775. The number of rotatable bonds is 40. The SMILES string of the molecule is CCCCCCCCCCCC1CC(CCCCN(CCO)CCCCCCCC(=O)OC(CCCCCCCC)CCCCCCCC)C(=O)O1. The molecule has 0 bridgehead atoms. The summed E-state index contributed by atoms with van der Waals surface area (Å²) >= 11 is 0. The molecule has 2 atom stereocenters. The number of aliphatic hydroxyl groups excluding tert-OH is 1. The maximum absolute atomic E-state index is 12.7. The zero-order valence-electron chi connectivity index (χ0n) is 35.1. The van der Waals surface area contributed by atoms with E-state index in [-0.39, 0.29) is 36.7 Å². The van der Waals surface area contributed by atoms with Crippen LogP contribution in [-0.2, 0) is 19.1 Å². The van der Waals surface area contributed by atoms with Crippen molar-refractivity contribution in [3.8, 4) is 0 Å². The highest BCUT2D eigenvalue weighted by atomic mass is 16.6. The van der Waals surface area contributed by atoms with Crippen LogP contribution in [0, 0.1) is 5.92 Å². The van der Waals surface area contributed by atoms with Crippen LogP contribution in [0.4, 0.5) is 0 Å². The molecule has 308 valence electrons. The molecule has 0 radical (unpaired) electrons. The molecule has 1 aliphatic heterocycles. The highest BCUT2D eigenvalue weighted by molar-refractivity contribution is 5.74. The van der Waals surface area contributed by atoms with Gasteiger partial charge in [-0.25, -0.2) is 0 Å². The molecule has 1 N–H and O–H groups in total. The lowest BCUT2D eigenvalue weighted by Gasteiger charge is -2.21. The Hall–Kier alpha value is -1.14. The molecule has 1 rings (SSSR count). The van der Waals surface area contributed by atoms with E-state index in [0.717, 1.165) is 96.7 Å². The van der Waals surface area contributed by atoms with Crippen LogP contribution in [0.15, 0.2) is 0 Å². The normalized spacial score (nSPS) is 16.0. The minimum atomic E-state index is 0.0104. The molecule has 2 unspecified atom stereocenters. The van der Waals surface area contributed by atoms with Gasteiger partial charge in [-0.05, 0) is 83.7 Å². The first-order valence-electron chi connectivity index (χ1n) is 23.3. The van der Waals surface area contributed by atoms with Crippen LogP contribution < -0.4 is 0 Å². The van der Waals surface area contributed by atoms with Gasteiger partial charge in [-0.15, -0.1) is 0 Å². The molecule has 0 aromatic heterocycles. The van der Waals surface area contributed by atoms with Crippen molar-refractivity contribution in [2.75, 3.05) is 26.2 Å². The van der Waals surface area contributed by atoms with Crippen LogP contribution in [-0.4, -0.2) is 60.4 Å². The Labute approximate surface area is 323 Å². The van der Waals surface area contributed by atoms with Crippen molar-refractivity contribution in [1.29, 1.82) is 0 Å². The van der Waals surface area contributed by atoms with Crippen molar-refractivity contribution >= 4 is 11.9 Å². The summed E-state index contributed by atoms with van der Waals surface area (Å²) in [5, 5.41) is 9.62. The van der Waals surface area contributed by atoms with E-state index in [1.165, 1.54) is 135 Å². The molecule has 0 amide bonds. The van der Waals surface area contributed by atoms with Crippen LogP contribution in [0.25, 0.3) is 0 Å². The fraction of sp³-hybridized carbons (Fsp3) is 0.957. The van der Waals surface area contributed by atoms with Gasteiger partial charge >= 0.3 is 11.9 Å². The smallest absolute Gasteiger partial charge is 0.309 e. The van der Waals surface area contributed by atoms with E-state index in [1.807, 2.05) is 0 Å². The van der Waals surface area contributed by atoms with E-state index in [4.69, 9.17) is 9.47 Å². The van der Waals surface area contributed by atoms with Gasteiger partial charge in [0.25, 0.3) is 0 Å². The Balaban J connectivity index is 2.15. The molecule has 0 aliphatic carbocycles. The minimum Gasteiger partial charge on any atom is -0.462 e. The Kier molecular flexibility index (Phi) is 34.6. The van der Waals surface area contributed by atoms with E-state index >= 15 is 0 Å². The summed E-state index contributed by atoms with van der Waals surface area (Å²) in [6.07, 6.45) is 40.6. The molecule has 1 fully saturated rings. The second kappa shape index (κ2) is 36.8. The number of nitrogens with zero attached hydrogens (tertiary/aromatic N) is 1. The van der Waals surface area contributed by atoms with Gasteiger partial charge in [0.2, 0.25) is 0 Å². The fourth-order valence-electron chi connectivity index (χ4n) is 7.97. The van der Waals surface area contributed by atoms with E-state index in [0.29, 0.717) is 6.42 Å². The van der Waals surface area contributed by atoms with Gasteiger partial charge in [0, 0.05) is 13.0 Å². The van der Waals surface area contributed by atoms with Crippen LogP contribution in [0.5, 0.6) is 0 Å². The molecule has 1 aliphatic rings. The number of ether oxygens (including phenoxy) is 2. The van der Waals surface area contributed by atoms with Crippen LogP contribution in [0.3, 0.4) is 0 Å². The summed E-state index contributed by atoms with van der Waals surface area (Å²) in [6, 6.07) is 0. The van der Waals surface area contributed by atoms with Crippen LogP contribution in [0.1, 0.15) is 239 Å². The highest BCUT2D eigenvalue weighted by Gasteiger charge is 2.33. The van der Waals surface area contributed by atoms with Gasteiger partial charge in [0.1, 0.15) is 12.2 Å². The molecular weight excluding hydrogens is 647 g/mol. The van der Waals surface area contributed by atoms with E-state index in [1.54, 1.807) is 0 Å². The number of aliphatic hydroxyl groups is 1. The largest absolute Gasteiger partial charge is 0.462 e. The molecular formula is C46H89NO5. The Morgan fingerprint density at radius 3 is 1.60 bits per heavy atom. The number of cyclic esters (lactones) is 1. The zero-order chi connectivity index (χ0) is 37.7. The maximum Gasteiger partial charge on any atom is 0.309 e. The van der Waals surface area contributed by atoms with Crippen molar-refractivity contribution in [1.82, 2.24) is 4.90 Å². The second-order valence-electron chi connectivity index (χ2n) is 16.4. The molecule has 6 nitrogen and oxygen atoms in total. The lowest BCUT2D eigenvalue weighted by atomic mass is 9.96. The predicted octanol–water partition coefficient (Wildman–Crippen LogP) is 13.1. The first-order valence-corrected chi connectivity index (χ1v) is 23.3. The lowest BCUT2D eigenvalue weighted by Crippen LogP contribution is -2.29. The van der Waals surface area contributed by atoms with Gasteiger partial charge in [-0.2, -0.15) is 0 Å². The molecule has 0 spiro atoms. The number of unbranched alkanes of at least 4 members (excludes halogenated alkanes) is 23. The molecule has 0 aromatic rings. The highest BCUT2D eigenvalue weighted by Crippen LogP contribution is 2.29. The van der Waals surface area contributed by atoms with Crippen molar-refractivity contribution in [3.05, 3.63) is 0 Å². The topological polar surface area (TPSA) is 76.1 Å². The molecule has 6 heteroatoms. The van der Waals surface area contributed by atoms with Gasteiger partial charge in [-0.3, -0.25) is 9.59 Å². The van der Waals surface area contributed by atoms with Crippen LogP contribution >= 0.6 is 0 Å². The molecule has 1 saturated heterocycles. The van der Waals surface area contributed by atoms with Gasteiger partial charge in [0.15, 0.2) is 0 Å². The fourth-order valence-corrected chi connectivity index (χ4v) is 7.97. The van der Waals surface area contributed by atoms with Crippen LogP contribution in [0.2, 0.25) is 0 Å². The van der Waals surface area contributed by atoms with Gasteiger partial charge < -0.3 is 19.5 Å². The maximum atomic E-state index is 12.7.